The molecule has 0 radical (unpaired) electrons. The summed E-state index contributed by atoms with van der Waals surface area (Å²) in [6.07, 6.45) is 6.98. The van der Waals surface area contributed by atoms with E-state index in [1.807, 2.05) is 18.3 Å². The van der Waals surface area contributed by atoms with Gasteiger partial charge in [0.1, 0.15) is 4.33 Å². The molecule has 1 N–H and O–H groups in total. The van der Waals surface area contributed by atoms with Gasteiger partial charge in [0.05, 0.1) is 5.70 Å². The third-order valence-electron chi connectivity index (χ3n) is 2.93. The van der Waals surface area contributed by atoms with Crippen molar-refractivity contribution in [3.8, 4) is 0 Å². The molecule has 0 saturated heterocycles. The van der Waals surface area contributed by atoms with Gasteiger partial charge in [-0.25, -0.2) is 0 Å². The molecular formula is C13H15Cl2N3. The molecule has 96 valence electrons. The zero-order valence-corrected chi connectivity index (χ0v) is 11.5. The second-order valence-corrected chi connectivity index (χ2v) is 5.94. The van der Waals surface area contributed by atoms with E-state index in [9.17, 15) is 0 Å². The molecule has 1 unspecified atom stereocenters. The fourth-order valence-corrected chi connectivity index (χ4v) is 2.20. The number of alkyl halides is 2. The molecule has 1 atom stereocenters. The summed E-state index contributed by atoms with van der Waals surface area (Å²) >= 11 is 11.9. The number of rotatable bonds is 6. The normalized spacial score (nSPS) is 21.4. The van der Waals surface area contributed by atoms with Gasteiger partial charge in [0.2, 0.25) is 0 Å². The van der Waals surface area contributed by atoms with Crippen LogP contribution in [0.15, 0.2) is 41.4 Å². The van der Waals surface area contributed by atoms with E-state index in [0.29, 0.717) is 5.92 Å². The first-order valence-corrected chi connectivity index (χ1v) is 6.53. The fraction of sp³-hybridized carbons (Fsp3) is 0.385. The zero-order chi connectivity index (χ0) is 13.0. The summed E-state index contributed by atoms with van der Waals surface area (Å²) in [6.45, 7) is 4.34. The summed E-state index contributed by atoms with van der Waals surface area (Å²) < 4.78 is -0.534. The average molecular weight is 284 g/mol. The number of pyridine rings is 1. The van der Waals surface area contributed by atoms with Crippen LogP contribution < -0.4 is 5.32 Å². The topological polar surface area (TPSA) is 37.3 Å². The van der Waals surface area contributed by atoms with Crippen molar-refractivity contribution in [2.24, 2.45) is 10.9 Å². The molecule has 3 nitrogen and oxygen atoms in total. The summed E-state index contributed by atoms with van der Waals surface area (Å²) in [7, 11) is 0. The quantitative estimate of drug-likeness (QED) is 0.644. The summed E-state index contributed by atoms with van der Waals surface area (Å²) in [5.74, 6) is 0.323. The molecule has 0 aromatic carbocycles. The first kappa shape index (κ1) is 13.4. The van der Waals surface area contributed by atoms with Crippen molar-refractivity contribution in [3.05, 3.63) is 42.0 Å². The smallest absolute Gasteiger partial charge is 0.123 e. The van der Waals surface area contributed by atoms with Crippen LogP contribution in [0.4, 0.5) is 0 Å². The second kappa shape index (κ2) is 5.72. The van der Waals surface area contributed by atoms with E-state index < -0.39 is 4.33 Å². The van der Waals surface area contributed by atoms with E-state index in [1.54, 1.807) is 12.4 Å². The van der Waals surface area contributed by atoms with E-state index in [-0.39, 0.29) is 0 Å². The molecule has 0 aliphatic heterocycles. The van der Waals surface area contributed by atoms with Gasteiger partial charge in [-0.15, -0.1) is 23.2 Å². The molecule has 1 aliphatic rings. The third-order valence-corrected chi connectivity index (χ3v) is 3.85. The summed E-state index contributed by atoms with van der Waals surface area (Å²) in [6, 6.07) is 3.92. The number of halogens is 2. The molecule has 5 heteroatoms. The molecule has 0 amide bonds. The molecule has 2 rings (SSSR count). The van der Waals surface area contributed by atoms with Crippen molar-refractivity contribution in [1.29, 1.82) is 0 Å². The molecule has 1 aromatic rings. The fourth-order valence-electron chi connectivity index (χ4n) is 1.67. The summed E-state index contributed by atoms with van der Waals surface area (Å²) in [5.41, 5.74) is 2.04. The van der Waals surface area contributed by atoms with Crippen LogP contribution in [-0.2, 0) is 6.42 Å². The first-order chi connectivity index (χ1) is 8.62. The molecule has 1 aliphatic carbocycles. The van der Waals surface area contributed by atoms with Gasteiger partial charge in [0.25, 0.3) is 0 Å². The van der Waals surface area contributed by atoms with E-state index in [2.05, 4.69) is 22.0 Å². The largest absolute Gasteiger partial charge is 0.389 e. The van der Waals surface area contributed by atoms with Crippen LogP contribution >= 0.6 is 23.2 Å². The Labute approximate surface area is 117 Å². The number of hydrogen-bond donors (Lipinski definition) is 1. The van der Waals surface area contributed by atoms with E-state index in [4.69, 9.17) is 23.2 Å². The van der Waals surface area contributed by atoms with Crippen molar-refractivity contribution in [2.75, 3.05) is 6.54 Å². The summed E-state index contributed by atoms with van der Waals surface area (Å²) in [4.78, 5) is 7.98. The first-order valence-electron chi connectivity index (χ1n) is 5.77. The highest BCUT2D eigenvalue weighted by Gasteiger charge is 2.51. The summed E-state index contributed by atoms with van der Waals surface area (Å²) in [5, 5.41) is 3.19. The van der Waals surface area contributed by atoms with Crippen LogP contribution in [0.1, 0.15) is 12.0 Å². The van der Waals surface area contributed by atoms with Gasteiger partial charge < -0.3 is 5.32 Å². The van der Waals surface area contributed by atoms with Crippen molar-refractivity contribution in [3.63, 3.8) is 0 Å². The number of allylic oxidation sites excluding steroid dienone is 1. The zero-order valence-electron chi connectivity index (χ0n) is 9.94. The number of nitrogens with one attached hydrogen (secondary N) is 1. The number of hydrogen-bond acceptors (Lipinski definition) is 3. The van der Waals surface area contributed by atoms with Crippen LogP contribution in [0.2, 0.25) is 0 Å². The Morgan fingerprint density at radius 2 is 2.22 bits per heavy atom. The van der Waals surface area contributed by atoms with Gasteiger partial charge in [-0.2, -0.15) is 0 Å². The molecule has 0 spiro atoms. The molecular weight excluding hydrogens is 269 g/mol. The molecule has 1 heterocycles. The van der Waals surface area contributed by atoms with Gasteiger partial charge in [0.15, 0.2) is 0 Å². The Balaban J connectivity index is 1.83. The third kappa shape index (κ3) is 3.72. The minimum atomic E-state index is -0.534. The van der Waals surface area contributed by atoms with Gasteiger partial charge in [-0.05, 0) is 30.8 Å². The predicted octanol–water partition coefficient (Wildman–Crippen LogP) is 2.95. The van der Waals surface area contributed by atoms with E-state index >= 15 is 0 Å². The maximum atomic E-state index is 5.95. The van der Waals surface area contributed by atoms with Crippen molar-refractivity contribution >= 4 is 29.9 Å². The standard InChI is InChI=1S/C13H15Cl2N3/c1-16-12(6-10-2-4-17-5-3-10)9-18-8-11-7-13(11,14)15/h2-5,9,11,18H,1,6-8H2/b12-9-. The number of aromatic nitrogens is 1. The van der Waals surface area contributed by atoms with Crippen LogP contribution in [0, 0.1) is 5.92 Å². The molecule has 1 saturated carbocycles. The lowest BCUT2D eigenvalue weighted by Gasteiger charge is -2.04. The molecule has 0 bridgehead atoms. The van der Waals surface area contributed by atoms with Gasteiger partial charge in [-0.3, -0.25) is 9.98 Å². The van der Waals surface area contributed by atoms with Crippen molar-refractivity contribution < 1.29 is 0 Å². The second-order valence-electron chi connectivity index (χ2n) is 4.40. The lowest BCUT2D eigenvalue weighted by molar-refractivity contribution is 0.733. The van der Waals surface area contributed by atoms with Crippen molar-refractivity contribution in [1.82, 2.24) is 10.3 Å². The number of aliphatic imine (C=N–C) groups is 1. The Morgan fingerprint density at radius 3 is 2.78 bits per heavy atom. The Bertz CT molecular complexity index is 443. The minimum Gasteiger partial charge on any atom is -0.389 e. The van der Waals surface area contributed by atoms with Crippen LogP contribution in [0.25, 0.3) is 0 Å². The van der Waals surface area contributed by atoms with Gasteiger partial charge in [0, 0.05) is 37.5 Å². The maximum Gasteiger partial charge on any atom is 0.123 e. The Hall–Kier alpha value is -1.06. The van der Waals surface area contributed by atoms with Gasteiger partial charge in [-0.1, -0.05) is 0 Å². The predicted molar refractivity (Wildman–Crippen MR) is 76.1 cm³/mol. The van der Waals surface area contributed by atoms with Gasteiger partial charge >= 0.3 is 0 Å². The number of nitrogens with zero attached hydrogens (tertiary/aromatic N) is 2. The SMILES string of the molecule is C=N/C(=C\NCC1CC1(Cl)Cl)Cc1ccncc1. The van der Waals surface area contributed by atoms with E-state index in [1.165, 1.54) is 0 Å². The molecule has 1 fully saturated rings. The highest BCUT2D eigenvalue weighted by Crippen LogP contribution is 2.52. The minimum absolute atomic E-state index is 0.323. The molecule has 1 aromatic heterocycles. The lowest BCUT2D eigenvalue weighted by atomic mass is 10.1. The average Bonchev–Trinajstić information content (AvgIpc) is 2.97. The van der Waals surface area contributed by atoms with E-state index in [0.717, 1.165) is 30.6 Å². The van der Waals surface area contributed by atoms with Crippen LogP contribution in [-0.4, -0.2) is 22.6 Å². The Kier molecular flexibility index (Phi) is 4.25. The lowest BCUT2D eigenvalue weighted by Crippen LogP contribution is -2.13. The van der Waals surface area contributed by atoms with Crippen LogP contribution in [0.5, 0.6) is 0 Å². The highest BCUT2D eigenvalue weighted by atomic mass is 35.5. The highest BCUT2D eigenvalue weighted by molar-refractivity contribution is 6.50. The Morgan fingerprint density at radius 1 is 1.56 bits per heavy atom. The maximum absolute atomic E-state index is 5.95. The molecule has 18 heavy (non-hydrogen) atoms. The van der Waals surface area contributed by atoms with Crippen LogP contribution in [0.3, 0.4) is 0 Å². The monoisotopic (exact) mass is 283 g/mol. The van der Waals surface area contributed by atoms with Crippen molar-refractivity contribution in [2.45, 2.75) is 17.2 Å².